The molecule has 1 saturated heterocycles. The van der Waals surface area contributed by atoms with Crippen LogP contribution in [0.4, 0.5) is 0 Å². The van der Waals surface area contributed by atoms with Crippen LogP contribution < -0.4 is 4.74 Å². The van der Waals surface area contributed by atoms with Crippen LogP contribution in [0.2, 0.25) is 5.15 Å². The number of pyridine rings is 1. The fraction of sp³-hybridized carbons (Fsp3) is 0.444. The summed E-state index contributed by atoms with van der Waals surface area (Å²) in [6.45, 7) is 3.40. The summed E-state index contributed by atoms with van der Waals surface area (Å²) in [5.74, 6) is 0.218. The number of para-hydroxylation sites is 1. The molecule has 1 aromatic heterocycles. The van der Waals surface area contributed by atoms with Crippen LogP contribution in [0, 0.1) is 0 Å². The van der Waals surface area contributed by atoms with Crippen LogP contribution in [0.15, 0.2) is 53.9 Å². The number of aliphatic hydroxyl groups is 1. The predicted molar refractivity (Wildman–Crippen MR) is 144 cm³/mol. The number of thiol groups is 1. The first-order valence-electron chi connectivity index (χ1n) is 12.2. The molecule has 0 unspecified atom stereocenters. The molecule has 1 fully saturated rings. The number of aromatic nitrogens is 1. The van der Waals surface area contributed by atoms with Gasteiger partial charge in [-0.1, -0.05) is 35.9 Å². The van der Waals surface area contributed by atoms with Gasteiger partial charge in [0.1, 0.15) is 17.5 Å². The van der Waals surface area contributed by atoms with Crippen molar-refractivity contribution in [2.75, 3.05) is 32.6 Å². The predicted octanol–water partition coefficient (Wildman–Crippen LogP) is 4.16. The van der Waals surface area contributed by atoms with Gasteiger partial charge < -0.3 is 24.2 Å². The summed E-state index contributed by atoms with van der Waals surface area (Å²) < 4.78 is 17.2. The van der Waals surface area contributed by atoms with Crippen molar-refractivity contribution < 1.29 is 28.9 Å². The molecule has 2 aliphatic heterocycles. The number of benzene rings is 1. The normalized spacial score (nSPS) is 19.4. The number of halogens is 1. The summed E-state index contributed by atoms with van der Waals surface area (Å²) in [4.78, 5) is 32.5. The molecule has 0 bridgehead atoms. The van der Waals surface area contributed by atoms with E-state index in [-0.39, 0.29) is 25.0 Å². The molecule has 37 heavy (non-hydrogen) atoms. The van der Waals surface area contributed by atoms with Crippen LogP contribution in [0.1, 0.15) is 43.2 Å². The monoisotopic (exact) mass is 548 g/mol. The molecule has 8 nitrogen and oxygen atoms in total. The Hall–Kier alpha value is -2.59. The zero-order chi connectivity index (χ0) is 26.8. The van der Waals surface area contributed by atoms with E-state index in [1.807, 2.05) is 24.3 Å². The number of esters is 1. The maximum absolute atomic E-state index is 13.5. The minimum absolute atomic E-state index is 0.0317. The lowest BCUT2D eigenvalue weighted by Crippen LogP contribution is -2.42. The molecule has 4 rings (SSSR count). The Kier molecular flexibility index (Phi) is 11.3. The number of hydrogen-bond donors (Lipinski definition) is 2. The molecule has 0 aliphatic carbocycles. The number of amides is 1. The molecule has 0 radical (unpaired) electrons. The molecule has 10 heteroatoms. The zero-order valence-corrected chi connectivity index (χ0v) is 22.7. The highest BCUT2D eigenvalue weighted by atomic mass is 35.5. The molecule has 1 aromatic carbocycles. The van der Waals surface area contributed by atoms with Crippen molar-refractivity contribution in [3.63, 3.8) is 0 Å². The quantitative estimate of drug-likeness (QED) is 0.276. The smallest absolute Gasteiger partial charge is 0.336 e. The summed E-state index contributed by atoms with van der Waals surface area (Å²) in [6, 6.07) is 10.9. The molecule has 0 saturated carbocycles. The second-order valence-corrected chi connectivity index (χ2v) is 9.40. The third-order valence-corrected chi connectivity index (χ3v) is 6.69. The Bertz CT molecular complexity index is 1090. The van der Waals surface area contributed by atoms with E-state index >= 15 is 0 Å². The maximum Gasteiger partial charge on any atom is 0.336 e. The van der Waals surface area contributed by atoms with Crippen molar-refractivity contribution in [3.05, 3.63) is 70.1 Å². The van der Waals surface area contributed by atoms with Crippen LogP contribution in [0.3, 0.4) is 0 Å². The van der Waals surface area contributed by atoms with Crippen LogP contribution in [-0.2, 0) is 25.7 Å². The van der Waals surface area contributed by atoms with Crippen molar-refractivity contribution in [2.45, 2.75) is 44.8 Å². The number of aliphatic hydroxyl groups excluding tert-OH is 1. The Morgan fingerprint density at radius 3 is 2.73 bits per heavy atom. The maximum atomic E-state index is 13.5. The molecule has 2 aromatic rings. The summed E-state index contributed by atoms with van der Waals surface area (Å²) in [6.07, 6.45) is 3.58. The van der Waals surface area contributed by atoms with E-state index < -0.39 is 11.9 Å². The van der Waals surface area contributed by atoms with Gasteiger partial charge in [0, 0.05) is 49.3 Å². The van der Waals surface area contributed by atoms with Crippen LogP contribution in [0.25, 0.3) is 0 Å². The third kappa shape index (κ3) is 7.47. The summed E-state index contributed by atoms with van der Waals surface area (Å²) in [7, 11) is 1.00. The van der Waals surface area contributed by atoms with Gasteiger partial charge in [-0.15, -0.1) is 0 Å². The Balaban J connectivity index is 0.00000186. The minimum atomic E-state index is -0.476. The fourth-order valence-corrected chi connectivity index (χ4v) is 4.71. The van der Waals surface area contributed by atoms with Crippen LogP contribution in [0.5, 0.6) is 5.75 Å². The summed E-state index contributed by atoms with van der Waals surface area (Å²) in [5.41, 5.74) is 2.53. The van der Waals surface area contributed by atoms with Gasteiger partial charge in [0.05, 0.1) is 24.8 Å². The Morgan fingerprint density at radius 1 is 1.27 bits per heavy atom. The number of carbonyl (C=O) groups is 2. The van der Waals surface area contributed by atoms with E-state index in [0.29, 0.717) is 47.7 Å². The van der Waals surface area contributed by atoms with Gasteiger partial charge in [-0.05, 0) is 37.5 Å². The van der Waals surface area contributed by atoms with Gasteiger partial charge in [0.25, 0.3) is 0 Å². The van der Waals surface area contributed by atoms with E-state index in [2.05, 4.69) is 17.6 Å². The van der Waals surface area contributed by atoms with Gasteiger partial charge in [0.15, 0.2) is 0 Å². The van der Waals surface area contributed by atoms with E-state index in [0.717, 1.165) is 31.1 Å². The second-order valence-electron chi connectivity index (χ2n) is 8.57. The van der Waals surface area contributed by atoms with Crippen molar-refractivity contribution in [3.8, 4) is 5.75 Å². The number of hydrogen-bond acceptors (Lipinski definition) is 8. The standard InChI is InChI=1S/C26H29ClN2O5S.CH4O/c1-17-25(26(31)34-16-19-5-2-3-7-22(19)33-11-12-35)21(18-8-9-23(27)28-14-18)13-24(30)29(17)15-20-6-4-10-32-20;1-2/h2-3,5,7-9,14,20-21,35H,4,6,10-13,15-16H2,1H3;2H,1H3/t20-,21+;/m1./s1. The van der Waals surface area contributed by atoms with Gasteiger partial charge in [-0.3, -0.25) is 4.79 Å². The fourth-order valence-electron chi connectivity index (χ4n) is 4.51. The SMILES string of the molecule is CC1=C(C(=O)OCc2ccccc2OCCS)[C@H](c2ccc(Cl)nc2)CC(=O)N1C[C@H]1CCCO1.CO. The molecular formula is C27H33ClN2O6S. The van der Waals surface area contributed by atoms with Crippen molar-refractivity contribution >= 4 is 36.1 Å². The highest BCUT2D eigenvalue weighted by Gasteiger charge is 2.38. The van der Waals surface area contributed by atoms with Crippen molar-refractivity contribution in [1.82, 2.24) is 9.88 Å². The third-order valence-electron chi connectivity index (χ3n) is 6.29. The highest BCUT2D eigenvalue weighted by molar-refractivity contribution is 7.80. The van der Waals surface area contributed by atoms with Gasteiger partial charge in [-0.2, -0.15) is 12.6 Å². The van der Waals surface area contributed by atoms with E-state index in [1.165, 1.54) is 0 Å². The lowest BCUT2D eigenvalue weighted by Gasteiger charge is -2.35. The molecular weight excluding hydrogens is 516 g/mol. The van der Waals surface area contributed by atoms with Crippen LogP contribution >= 0.6 is 24.2 Å². The molecule has 1 N–H and O–H groups in total. The lowest BCUT2D eigenvalue weighted by atomic mass is 9.84. The van der Waals surface area contributed by atoms with E-state index in [9.17, 15) is 9.59 Å². The molecule has 200 valence electrons. The molecule has 3 heterocycles. The van der Waals surface area contributed by atoms with Crippen molar-refractivity contribution in [1.29, 1.82) is 0 Å². The molecule has 2 atom stereocenters. The Labute approximate surface area is 228 Å². The minimum Gasteiger partial charge on any atom is -0.492 e. The molecule has 1 amide bonds. The largest absolute Gasteiger partial charge is 0.492 e. The Morgan fingerprint density at radius 2 is 2.05 bits per heavy atom. The average molecular weight is 549 g/mol. The van der Waals surface area contributed by atoms with Gasteiger partial charge in [-0.25, -0.2) is 9.78 Å². The summed E-state index contributed by atoms with van der Waals surface area (Å²) >= 11 is 10.2. The highest BCUT2D eigenvalue weighted by Crippen LogP contribution is 2.38. The number of allylic oxidation sites excluding steroid dienone is 1. The molecule has 0 spiro atoms. The lowest BCUT2D eigenvalue weighted by molar-refractivity contribution is -0.141. The van der Waals surface area contributed by atoms with Gasteiger partial charge in [0.2, 0.25) is 5.91 Å². The zero-order valence-electron chi connectivity index (χ0n) is 21.1. The number of ether oxygens (including phenoxy) is 3. The number of rotatable bonds is 9. The summed E-state index contributed by atoms with van der Waals surface area (Å²) in [5, 5.41) is 7.35. The molecule has 2 aliphatic rings. The second kappa shape index (κ2) is 14.4. The van der Waals surface area contributed by atoms with Crippen LogP contribution in [-0.4, -0.2) is 65.6 Å². The first-order chi connectivity index (χ1) is 18.0. The first-order valence-corrected chi connectivity index (χ1v) is 13.2. The van der Waals surface area contributed by atoms with Gasteiger partial charge >= 0.3 is 5.97 Å². The van der Waals surface area contributed by atoms with Crippen molar-refractivity contribution in [2.24, 2.45) is 0 Å². The average Bonchev–Trinajstić information content (AvgIpc) is 3.43. The number of carbonyl (C=O) groups excluding carboxylic acids is 2. The first kappa shape index (κ1) is 29.0. The number of nitrogens with zero attached hydrogens (tertiary/aromatic N) is 2. The topological polar surface area (TPSA) is 98.2 Å². The van der Waals surface area contributed by atoms with E-state index in [4.69, 9.17) is 30.9 Å². The van der Waals surface area contributed by atoms with E-state index in [1.54, 1.807) is 30.2 Å².